The van der Waals surface area contributed by atoms with Crippen LogP contribution in [0.2, 0.25) is 0 Å². The lowest BCUT2D eigenvalue weighted by Crippen LogP contribution is -2.12. The summed E-state index contributed by atoms with van der Waals surface area (Å²) in [5.41, 5.74) is 1.68. The Hall–Kier alpha value is -2.11. The molecular formula is C35H62O6. The minimum atomic E-state index is -1.46. The lowest BCUT2D eigenvalue weighted by atomic mass is 9.94. The van der Waals surface area contributed by atoms with Gasteiger partial charge in [-0.3, -0.25) is 0 Å². The highest BCUT2D eigenvalue weighted by atomic mass is 16.7. The minimum absolute atomic E-state index is 0.114. The first-order valence-corrected chi connectivity index (χ1v) is 17.1. The Kier molecular flexibility index (Phi) is 22.0. The molecule has 0 atom stereocenters. The zero-order valence-corrected chi connectivity index (χ0v) is 27.0. The van der Waals surface area contributed by atoms with Crippen molar-refractivity contribution in [3.05, 3.63) is 11.1 Å². The van der Waals surface area contributed by atoms with E-state index in [9.17, 15) is 15.0 Å². The molecule has 0 radical (unpaired) electrons. The molecule has 1 aromatic carbocycles. The van der Waals surface area contributed by atoms with E-state index in [0.29, 0.717) is 25.4 Å². The van der Waals surface area contributed by atoms with Crippen molar-refractivity contribution in [2.75, 3.05) is 13.2 Å². The van der Waals surface area contributed by atoms with Crippen molar-refractivity contribution in [1.29, 1.82) is 0 Å². The van der Waals surface area contributed by atoms with Crippen molar-refractivity contribution in [1.82, 2.24) is 0 Å². The summed E-state index contributed by atoms with van der Waals surface area (Å²) >= 11 is 0. The first kappa shape index (κ1) is 36.9. The number of carboxylic acid groups (broad SMARTS) is 1. The van der Waals surface area contributed by atoms with Crippen LogP contribution in [0.3, 0.4) is 0 Å². The summed E-state index contributed by atoms with van der Waals surface area (Å²) < 4.78 is 17.9. The molecule has 0 amide bonds. The van der Waals surface area contributed by atoms with E-state index in [1.54, 1.807) is 0 Å². The smallest absolute Gasteiger partial charge is 0.504 e. The molecule has 0 saturated heterocycles. The van der Waals surface area contributed by atoms with Gasteiger partial charge in [0.25, 0.3) is 0 Å². The van der Waals surface area contributed by atoms with E-state index in [1.807, 2.05) is 0 Å². The largest absolute Gasteiger partial charge is 0.511 e. The molecule has 1 aromatic rings. The second kappa shape index (κ2) is 24.5. The van der Waals surface area contributed by atoms with Gasteiger partial charge >= 0.3 is 6.16 Å². The Morgan fingerprint density at radius 3 is 1.34 bits per heavy atom. The van der Waals surface area contributed by atoms with Gasteiger partial charge in [0.2, 0.25) is 11.5 Å². The van der Waals surface area contributed by atoms with Crippen LogP contribution in [0.15, 0.2) is 0 Å². The summed E-state index contributed by atoms with van der Waals surface area (Å²) in [4.78, 5) is 11.7. The van der Waals surface area contributed by atoms with E-state index < -0.39 is 6.16 Å². The van der Waals surface area contributed by atoms with Gasteiger partial charge in [0, 0.05) is 11.1 Å². The van der Waals surface area contributed by atoms with E-state index in [4.69, 9.17) is 14.2 Å². The van der Waals surface area contributed by atoms with Crippen molar-refractivity contribution in [2.24, 2.45) is 0 Å². The average Bonchev–Trinajstić information content (AvgIpc) is 2.96. The maximum absolute atomic E-state index is 11.7. The summed E-state index contributed by atoms with van der Waals surface area (Å²) in [6.45, 7) is 9.69. The van der Waals surface area contributed by atoms with Gasteiger partial charge < -0.3 is 24.4 Å². The van der Waals surface area contributed by atoms with E-state index in [1.165, 1.54) is 70.6 Å². The maximum atomic E-state index is 11.7. The van der Waals surface area contributed by atoms with Crippen molar-refractivity contribution in [3.63, 3.8) is 0 Å². The highest BCUT2D eigenvalue weighted by Crippen LogP contribution is 2.50. The Bertz CT molecular complexity index is 807. The van der Waals surface area contributed by atoms with Crippen molar-refractivity contribution in [3.8, 4) is 23.0 Å². The monoisotopic (exact) mass is 578 g/mol. The molecule has 0 fully saturated rings. The number of ether oxygens (including phenoxy) is 3. The number of hydrogen-bond donors (Lipinski definition) is 2. The number of carbonyl (C=O) groups is 1. The zero-order valence-electron chi connectivity index (χ0n) is 27.0. The molecule has 0 saturated carbocycles. The number of phenolic OH excluding ortho intramolecular Hbond substituents is 1. The molecule has 2 N–H and O–H groups in total. The van der Waals surface area contributed by atoms with Crippen LogP contribution in [0, 0.1) is 0 Å². The zero-order chi connectivity index (χ0) is 30.1. The first-order chi connectivity index (χ1) is 20.0. The van der Waals surface area contributed by atoms with Gasteiger partial charge in [-0.2, -0.15) is 0 Å². The van der Waals surface area contributed by atoms with Gasteiger partial charge in [-0.15, -0.1) is 0 Å². The van der Waals surface area contributed by atoms with Crippen LogP contribution in [-0.4, -0.2) is 29.6 Å². The van der Waals surface area contributed by atoms with E-state index in [-0.39, 0.29) is 17.2 Å². The van der Waals surface area contributed by atoms with Crippen LogP contribution in [0.5, 0.6) is 23.0 Å². The minimum Gasteiger partial charge on any atom is -0.504 e. The van der Waals surface area contributed by atoms with Gasteiger partial charge in [0.05, 0.1) is 13.2 Å². The normalized spacial score (nSPS) is 11.1. The third-order valence-corrected chi connectivity index (χ3v) is 7.79. The summed E-state index contributed by atoms with van der Waals surface area (Å²) in [5.74, 6) is 0.589. The second-order valence-electron chi connectivity index (χ2n) is 11.5. The third-order valence-electron chi connectivity index (χ3n) is 7.79. The fourth-order valence-electron chi connectivity index (χ4n) is 5.29. The number of rotatable bonds is 27. The Morgan fingerprint density at radius 2 is 0.902 bits per heavy atom. The Labute approximate surface area is 251 Å². The van der Waals surface area contributed by atoms with Gasteiger partial charge in [0.15, 0.2) is 11.5 Å². The van der Waals surface area contributed by atoms with Gasteiger partial charge in [-0.1, -0.05) is 130 Å². The molecule has 0 aromatic heterocycles. The van der Waals surface area contributed by atoms with Gasteiger partial charge in [0.1, 0.15) is 0 Å². The lowest BCUT2D eigenvalue weighted by Gasteiger charge is -2.23. The quantitative estimate of drug-likeness (QED) is 0.0613. The molecule has 0 aliphatic rings. The van der Waals surface area contributed by atoms with Crippen molar-refractivity contribution in [2.45, 2.75) is 169 Å². The van der Waals surface area contributed by atoms with E-state index >= 15 is 0 Å². The molecule has 0 bridgehead atoms. The number of phenols is 1. The summed E-state index contributed by atoms with van der Waals surface area (Å²) in [5, 5.41) is 20.8. The second-order valence-corrected chi connectivity index (χ2v) is 11.5. The van der Waals surface area contributed by atoms with Gasteiger partial charge in [-0.05, 0) is 38.5 Å². The summed E-state index contributed by atoms with van der Waals surface area (Å²) in [7, 11) is 0. The highest BCUT2D eigenvalue weighted by molar-refractivity contribution is 5.72. The molecule has 238 valence electrons. The van der Waals surface area contributed by atoms with Crippen molar-refractivity contribution >= 4 is 6.16 Å². The third kappa shape index (κ3) is 15.6. The molecular weight excluding hydrogens is 516 g/mol. The topological polar surface area (TPSA) is 85.2 Å². The van der Waals surface area contributed by atoms with Crippen LogP contribution in [0.4, 0.5) is 4.79 Å². The highest BCUT2D eigenvalue weighted by Gasteiger charge is 2.28. The Morgan fingerprint density at radius 1 is 0.512 bits per heavy atom. The summed E-state index contributed by atoms with van der Waals surface area (Å²) in [6.07, 6.45) is 22.8. The molecule has 0 heterocycles. The van der Waals surface area contributed by atoms with E-state index in [2.05, 4.69) is 27.7 Å². The Balaban J connectivity index is 3.10. The van der Waals surface area contributed by atoms with Crippen molar-refractivity contribution < 1.29 is 29.2 Å². The fourth-order valence-corrected chi connectivity index (χ4v) is 5.29. The molecule has 6 heteroatoms. The number of benzene rings is 1. The standard InChI is InChI=1S/C35H62O6/c1-5-9-13-15-17-19-21-23-27-39-32-30(26-12-8-4)29(25-11-7-3)31(36)33(41-35(37)38)34(32)40-28-24-22-20-18-16-14-10-6-2/h36H,5-28H2,1-4H3,(H,37,38). The first-order valence-electron chi connectivity index (χ1n) is 17.1. The molecule has 0 aliphatic carbocycles. The predicted molar refractivity (Wildman–Crippen MR) is 170 cm³/mol. The molecule has 0 unspecified atom stereocenters. The number of hydrogen-bond acceptors (Lipinski definition) is 5. The predicted octanol–water partition coefficient (Wildman–Crippen LogP) is 11.2. The van der Waals surface area contributed by atoms with E-state index in [0.717, 1.165) is 75.3 Å². The van der Waals surface area contributed by atoms with Crippen LogP contribution in [-0.2, 0) is 12.8 Å². The fraction of sp³-hybridized carbons (Fsp3) is 0.800. The van der Waals surface area contributed by atoms with Crippen LogP contribution in [0.25, 0.3) is 0 Å². The molecule has 1 rings (SSSR count). The lowest BCUT2D eigenvalue weighted by molar-refractivity contribution is 0.139. The SMILES string of the molecule is CCCCCCCCCCOc1c(CCCC)c(CCCC)c(O)c(OC(=O)O)c1OCCCCCCCCCC. The van der Waals surface area contributed by atoms with Crippen LogP contribution >= 0.6 is 0 Å². The molecule has 6 nitrogen and oxygen atoms in total. The average molecular weight is 579 g/mol. The number of unbranched alkanes of at least 4 members (excludes halogenated alkanes) is 16. The van der Waals surface area contributed by atoms with Gasteiger partial charge in [-0.25, -0.2) is 4.79 Å². The summed E-state index contributed by atoms with van der Waals surface area (Å²) in [6, 6.07) is 0. The maximum Gasteiger partial charge on any atom is 0.511 e. The van der Waals surface area contributed by atoms with Crippen LogP contribution < -0.4 is 14.2 Å². The molecule has 41 heavy (non-hydrogen) atoms. The number of aromatic hydroxyl groups is 1. The molecule has 0 spiro atoms. The van der Waals surface area contributed by atoms with Crippen LogP contribution in [0.1, 0.15) is 167 Å². The molecule has 0 aliphatic heterocycles.